The molecule has 1 aromatic carbocycles. The molecule has 1 aliphatic heterocycles. The lowest BCUT2D eigenvalue weighted by molar-refractivity contribution is -0.152. The van der Waals surface area contributed by atoms with Crippen molar-refractivity contribution in [1.29, 1.82) is 0 Å². The molecule has 0 N–H and O–H groups in total. The standard InChI is InChI=1S/C16H18O4/c1-4-18-16(17)13-8-6-11-5-7-12-9(2)10(3)19-15(12)14(11)20-13/h5,7,13H,4,6,8H2,1-3H3. The number of carbonyl (C=O) groups excluding carboxylic acids is 1. The normalized spacial score (nSPS) is 17.6. The van der Waals surface area contributed by atoms with Crippen LogP contribution in [0.5, 0.6) is 5.75 Å². The Kier molecular flexibility index (Phi) is 3.16. The highest BCUT2D eigenvalue weighted by molar-refractivity contribution is 5.89. The molecule has 0 saturated heterocycles. The molecule has 0 bridgehead atoms. The van der Waals surface area contributed by atoms with E-state index in [1.54, 1.807) is 6.92 Å². The summed E-state index contributed by atoms with van der Waals surface area (Å²) in [7, 11) is 0. The van der Waals surface area contributed by atoms with Crippen LogP contribution < -0.4 is 4.74 Å². The molecule has 4 heteroatoms. The summed E-state index contributed by atoms with van der Waals surface area (Å²) in [4.78, 5) is 11.8. The number of benzene rings is 1. The summed E-state index contributed by atoms with van der Waals surface area (Å²) in [6.07, 6.45) is 0.919. The molecule has 0 aliphatic carbocycles. The number of ether oxygens (including phenoxy) is 2. The lowest BCUT2D eigenvalue weighted by atomic mass is 10.00. The summed E-state index contributed by atoms with van der Waals surface area (Å²) in [6, 6.07) is 4.12. The second-order valence-corrected chi connectivity index (χ2v) is 5.11. The average Bonchev–Trinajstić information content (AvgIpc) is 2.74. The fourth-order valence-corrected chi connectivity index (χ4v) is 2.63. The molecule has 106 valence electrons. The van der Waals surface area contributed by atoms with Gasteiger partial charge in [0.1, 0.15) is 5.76 Å². The molecule has 1 aliphatic rings. The number of hydrogen-bond donors (Lipinski definition) is 0. The lowest BCUT2D eigenvalue weighted by Crippen LogP contribution is -2.32. The van der Waals surface area contributed by atoms with Gasteiger partial charge in [0, 0.05) is 5.39 Å². The first kappa shape index (κ1) is 13.0. The maximum Gasteiger partial charge on any atom is 0.347 e. The summed E-state index contributed by atoms with van der Waals surface area (Å²) in [5.74, 6) is 1.29. The zero-order chi connectivity index (χ0) is 14.3. The van der Waals surface area contributed by atoms with Crippen LogP contribution in [0.3, 0.4) is 0 Å². The minimum Gasteiger partial charge on any atom is -0.474 e. The van der Waals surface area contributed by atoms with Crippen LogP contribution in [-0.4, -0.2) is 18.7 Å². The van der Waals surface area contributed by atoms with Crippen molar-refractivity contribution in [2.45, 2.75) is 39.7 Å². The summed E-state index contributed by atoms with van der Waals surface area (Å²) < 4.78 is 16.7. The van der Waals surface area contributed by atoms with Crippen molar-refractivity contribution in [3.05, 3.63) is 29.0 Å². The highest BCUT2D eigenvalue weighted by Gasteiger charge is 2.29. The Balaban J connectivity index is 2.02. The molecule has 0 saturated carbocycles. The van der Waals surface area contributed by atoms with Gasteiger partial charge in [0.25, 0.3) is 0 Å². The Bertz CT molecular complexity index is 669. The van der Waals surface area contributed by atoms with Crippen LogP contribution in [0.15, 0.2) is 16.5 Å². The van der Waals surface area contributed by atoms with E-state index in [-0.39, 0.29) is 5.97 Å². The van der Waals surface area contributed by atoms with Gasteiger partial charge in [-0.15, -0.1) is 0 Å². The van der Waals surface area contributed by atoms with Gasteiger partial charge < -0.3 is 13.9 Å². The number of fused-ring (bicyclic) bond motifs is 3. The van der Waals surface area contributed by atoms with Crippen molar-refractivity contribution < 1.29 is 18.7 Å². The predicted molar refractivity (Wildman–Crippen MR) is 75.1 cm³/mol. The molecule has 20 heavy (non-hydrogen) atoms. The third-order valence-electron chi connectivity index (χ3n) is 3.87. The van der Waals surface area contributed by atoms with Gasteiger partial charge in [-0.25, -0.2) is 4.79 Å². The van der Waals surface area contributed by atoms with Crippen LogP contribution in [0.4, 0.5) is 0 Å². The number of rotatable bonds is 2. The van der Waals surface area contributed by atoms with Crippen molar-refractivity contribution in [1.82, 2.24) is 0 Å². The van der Waals surface area contributed by atoms with E-state index >= 15 is 0 Å². The van der Waals surface area contributed by atoms with Crippen molar-refractivity contribution in [3.8, 4) is 5.75 Å². The first-order valence-electron chi connectivity index (χ1n) is 6.96. The molecule has 0 fully saturated rings. The third kappa shape index (κ3) is 1.96. The van der Waals surface area contributed by atoms with Gasteiger partial charge in [-0.3, -0.25) is 0 Å². The Morgan fingerprint density at radius 3 is 2.95 bits per heavy atom. The fourth-order valence-electron chi connectivity index (χ4n) is 2.63. The summed E-state index contributed by atoms with van der Waals surface area (Å²) in [5, 5.41) is 1.05. The number of aryl methyl sites for hydroxylation is 3. The minimum atomic E-state index is -0.529. The van der Waals surface area contributed by atoms with Crippen molar-refractivity contribution in [3.63, 3.8) is 0 Å². The first-order valence-corrected chi connectivity index (χ1v) is 6.96. The van der Waals surface area contributed by atoms with Gasteiger partial charge in [0.05, 0.1) is 6.61 Å². The van der Waals surface area contributed by atoms with E-state index in [0.29, 0.717) is 18.8 Å². The van der Waals surface area contributed by atoms with Crippen LogP contribution in [-0.2, 0) is 16.0 Å². The highest BCUT2D eigenvalue weighted by Crippen LogP contribution is 2.38. The molecular weight excluding hydrogens is 256 g/mol. The molecular formula is C16H18O4. The Morgan fingerprint density at radius 2 is 2.20 bits per heavy atom. The number of furan rings is 1. The molecule has 1 aromatic heterocycles. The van der Waals surface area contributed by atoms with Crippen LogP contribution in [0, 0.1) is 13.8 Å². The van der Waals surface area contributed by atoms with Crippen molar-refractivity contribution >= 4 is 16.9 Å². The lowest BCUT2D eigenvalue weighted by Gasteiger charge is -2.24. The zero-order valence-corrected chi connectivity index (χ0v) is 12.0. The van der Waals surface area contributed by atoms with Crippen LogP contribution in [0.2, 0.25) is 0 Å². The minimum absolute atomic E-state index is 0.296. The number of carbonyl (C=O) groups is 1. The maximum absolute atomic E-state index is 11.8. The summed E-state index contributed by atoms with van der Waals surface area (Å²) in [6.45, 7) is 6.13. The molecule has 1 atom stereocenters. The van der Waals surface area contributed by atoms with Gasteiger partial charge in [-0.1, -0.05) is 12.1 Å². The molecule has 0 spiro atoms. The Hall–Kier alpha value is -1.97. The second kappa shape index (κ2) is 4.85. The van der Waals surface area contributed by atoms with Crippen LogP contribution >= 0.6 is 0 Å². The zero-order valence-electron chi connectivity index (χ0n) is 12.0. The maximum atomic E-state index is 11.8. The smallest absolute Gasteiger partial charge is 0.347 e. The monoisotopic (exact) mass is 274 g/mol. The molecule has 1 unspecified atom stereocenters. The van der Waals surface area contributed by atoms with Gasteiger partial charge in [0.15, 0.2) is 17.4 Å². The number of esters is 1. The average molecular weight is 274 g/mol. The van der Waals surface area contributed by atoms with Gasteiger partial charge >= 0.3 is 5.97 Å². The molecule has 2 heterocycles. The summed E-state index contributed by atoms with van der Waals surface area (Å²) >= 11 is 0. The molecule has 3 rings (SSSR count). The number of hydrogen-bond acceptors (Lipinski definition) is 4. The summed E-state index contributed by atoms with van der Waals surface area (Å²) in [5.41, 5.74) is 2.95. The van der Waals surface area contributed by atoms with Gasteiger partial charge in [-0.05, 0) is 44.7 Å². The molecule has 2 aromatic rings. The van der Waals surface area contributed by atoms with Gasteiger partial charge in [-0.2, -0.15) is 0 Å². The van der Waals surface area contributed by atoms with E-state index in [9.17, 15) is 4.79 Å². The fraction of sp³-hybridized carbons (Fsp3) is 0.438. The second-order valence-electron chi connectivity index (χ2n) is 5.11. The van der Waals surface area contributed by atoms with E-state index in [4.69, 9.17) is 13.9 Å². The SMILES string of the molecule is CCOC(=O)C1CCc2ccc3c(C)c(C)oc3c2O1. The first-order chi connectivity index (χ1) is 9.61. The highest BCUT2D eigenvalue weighted by atomic mass is 16.6. The van der Waals surface area contributed by atoms with Crippen molar-refractivity contribution in [2.24, 2.45) is 0 Å². The van der Waals surface area contributed by atoms with Crippen LogP contribution in [0.25, 0.3) is 11.0 Å². The molecule has 4 nitrogen and oxygen atoms in total. The van der Waals surface area contributed by atoms with Crippen molar-refractivity contribution in [2.75, 3.05) is 6.61 Å². The van der Waals surface area contributed by atoms with Crippen LogP contribution in [0.1, 0.15) is 30.2 Å². The molecule has 0 amide bonds. The topological polar surface area (TPSA) is 48.7 Å². The van der Waals surface area contributed by atoms with Gasteiger partial charge in [0.2, 0.25) is 0 Å². The van der Waals surface area contributed by atoms with E-state index in [1.165, 1.54) is 0 Å². The Morgan fingerprint density at radius 1 is 1.40 bits per heavy atom. The predicted octanol–water partition coefficient (Wildman–Crippen LogP) is 3.31. The quantitative estimate of drug-likeness (QED) is 0.788. The van der Waals surface area contributed by atoms with E-state index in [0.717, 1.165) is 34.3 Å². The largest absolute Gasteiger partial charge is 0.474 e. The van der Waals surface area contributed by atoms with E-state index < -0.39 is 6.10 Å². The third-order valence-corrected chi connectivity index (χ3v) is 3.87. The Labute approximate surface area is 117 Å². The van der Waals surface area contributed by atoms with E-state index in [1.807, 2.05) is 13.8 Å². The van der Waals surface area contributed by atoms with E-state index in [2.05, 4.69) is 12.1 Å². The molecule has 0 radical (unpaired) electrons.